The molecule has 2 rings (SSSR count). The predicted octanol–water partition coefficient (Wildman–Crippen LogP) is 4.44. The average molecular weight is 413 g/mol. The summed E-state index contributed by atoms with van der Waals surface area (Å²) in [5.41, 5.74) is 2.18. The van der Waals surface area contributed by atoms with Gasteiger partial charge in [-0.05, 0) is 65.2 Å². The van der Waals surface area contributed by atoms with E-state index in [4.69, 9.17) is 21.4 Å². The molecule has 0 spiro atoms. The van der Waals surface area contributed by atoms with Crippen LogP contribution in [0.3, 0.4) is 0 Å². The van der Waals surface area contributed by atoms with Crippen LogP contribution in [0.5, 0.6) is 5.75 Å². The number of benzene rings is 2. The van der Waals surface area contributed by atoms with Gasteiger partial charge in [-0.1, -0.05) is 17.7 Å². The number of halogens is 2. The largest absolute Gasteiger partial charge is 0.483 e. The number of carboxylic acid groups (broad SMARTS) is 1. The lowest BCUT2D eigenvalue weighted by molar-refractivity contribution is -0.118. The third-order valence-corrected chi connectivity index (χ3v) is 4.89. The third kappa shape index (κ3) is 4.27. The van der Waals surface area contributed by atoms with Crippen molar-refractivity contribution in [1.29, 1.82) is 0 Å². The second kappa shape index (κ2) is 7.68. The zero-order valence-electron chi connectivity index (χ0n) is 13.0. The summed E-state index contributed by atoms with van der Waals surface area (Å²) in [4.78, 5) is 22.9. The van der Waals surface area contributed by atoms with E-state index in [2.05, 4.69) is 21.2 Å². The van der Waals surface area contributed by atoms with Crippen molar-refractivity contribution in [3.63, 3.8) is 0 Å². The maximum atomic E-state index is 12.0. The number of amides is 1. The number of aryl methyl sites for hydroxylation is 1. The monoisotopic (exact) mass is 411 g/mol. The van der Waals surface area contributed by atoms with Crippen LogP contribution >= 0.6 is 27.5 Å². The smallest absolute Gasteiger partial charge is 0.335 e. The van der Waals surface area contributed by atoms with E-state index in [1.807, 2.05) is 13.8 Å². The van der Waals surface area contributed by atoms with Crippen molar-refractivity contribution in [2.45, 2.75) is 13.8 Å². The Morgan fingerprint density at radius 3 is 2.67 bits per heavy atom. The van der Waals surface area contributed by atoms with Crippen LogP contribution in [0, 0.1) is 13.8 Å². The van der Waals surface area contributed by atoms with E-state index < -0.39 is 11.9 Å². The first-order valence-electron chi connectivity index (χ1n) is 7.00. The molecule has 0 radical (unpaired) electrons. The summed E-state index contributed by atoms with van der Waals surface area (Å²) in [6, 6.07) is 7.74. The second-order valence-corrected chi connectivity index (χ2v) is 6.34. The van der Waals surface area contributed by atoms with E-state index in [9.17, 15) is 9.59 Å². The molecular weight excluding hydrogens is 398 g/mol. The molecule has 2 aromatic carbocycles. The van der Waals surface area contributed by atoms with Crippen LogP contribution in [0.1, 0.15) is 21.5 Å². The molecule has 0 saturated heterocycles. The van der Waals surface area contributed by atoms with E-state index in [-0.39, 0.29) is 12.2 Å². The molecule has 0 bridgehead atoms. The minimum atomic E-state index is -1.06. The third-order valence-electron chi connectivity index (χ3n) is 3.32. The highest BCUT2D eigenvalue weighted by Gasteiger charge is 2.13. The number of hydrogen-bond acceptors (Lipinski definition) is 3. The molecule has 0 heterocycles. The first-order valence-corrected chi connectivity index (χ1v) is 8.18. The van der Waals surface area contributed by atoms with E-state index in [1.54, 1.807) is 18.2 Å². The van der Waals surface area contributed by atoms with Crippen molar-refractivity contribution < 1.29 is 19.4 Å². The van der Waals surface area contributed by atoms with Crippen LogP contribution < -0.4 is 10.1 Å². The minimum Gasteiger partial charge on any atom is -0.483 e. The first-order chi connectivity index (χ1) is 11.3. The van der Waals surface area contributed by atoms with Crippen molar-refractivity contribution >= 4 is 45.1 Å². The van der Waals surface area contributed by atoms with Gasteiger partial charge in [-0.2, -0.15) is 0 Å². The van der Waals surface area contributed by atoms with Gasteiger partial charge in [0.25, 0.3) is 5.91 Å². The van der Waals surface area contributed by atoms with Crippen molar-refractivity contribution in [2.24, 2.45) is 0 Å². The Bertz CT molecular complexity index is 807. The molecule has 1 amide bonds. The summed E-state index contributed by atoms with van der Waals surface area (Å²) >= 11 is 9.55. The summed E-state index contributed by atoms with van der Waals surface area (Å²) in [5.74, 6) is -0.933. The molecule has 0 aliphatic rings. The quantitative estimate of drug-likeness (QED) is 0.761. The summed E-state index contributed by atoms with van der Waals surface area (Å²) in [6.45, 7) is 3.49. The van der Waals surface area contributed by atoms with Crippen LogP contribution in [0.25, 0.3) is 0 Å². The van der Waals surface area contributed by atoms with Gasteiger partial charge in [-0.3, -0.25) is 4.79 Å². The molecule has 0 aliphatic heterocycles. The highest BCUT2D eigenvalue weighted by atomic mass is 79.9. The van der Waals surface area contributed by atoms with Gasteiger partial charge in [-0.15, -0.1) is 0 Å². The van der Waals surface area contributed by atoms with Gasteiger partial charge in [-0.25, -0.2) is 4.79 Å². The highest BCUT2D eigenvalue weighted by molar-refractivity contribution is 9.10. The van der Waals surface area contributed by atoms with Gasteiger partial charge in [0, 0.05) is 10.7 Å². The standard InChI is InChI=1S/C17H15BrClNO4/c1-9-6-13(15(18)10(2)16(9)19)24-8-14(21)20-12-5-3-4-11(7-12)17(22)23/h3-7H,8H2,1-2H3,(H,20,21)(H,22,23). The fourth-order valence-electron chi connectivity index (χ4n) is 2.08. The van der Waals surface area contributed by atoms with Gasteiger partial charge in [0.05, 0.1) is 10.0 Å². The fourth-order valence-corrected chi connectivity index (χ4v) is 2.77. The highest BCUT2D eigenvalue weighted by Crippen LogP contribution is 2.35. The lowest BCUT2D eigenvalue weighted by atomic mass is 10.1. The zero-order valence-corrected chi connectivity index (χ0v) is 15.4. The Hall–Kier alpha value is -2.05. The van der Waals surface area contributed by atoms with E-state index in [0.717, 1.165) is 11.1 Å². The first kappa shape index (κ1) is 18.3. The summed E-state index contributed by atoms with van der Waals surface area (Å²) in [7, 11) is 0. The molecule has 2 aromatic rings. The predicted molar refractivity (Wildman–Crippen MR) is 96.2 cm³/mol. The Labute approximate surface area is 152 Å². The van der Waals surface area contributed by atoms with Gasteiger partial charge < -0.3 is 15.2 Å². The average Bonchev–Trinajstić information content (AvgIpc) is 2.55. The number of carbonyl (C=O) groups excluding carboxylic acids is 1. The second-order valence-electron chi connectivity index (χ2n) is 5.17. The number of hydrogen-bond donors (Lipinski definition) is 2. The number of carbonyl (C=O) groups is 2. The molecule has 0 saturated carbocycles. The molecular formula is C17H15BrClNO4. The zero-order chi connectivity index (χ0) is 17.9. The molecule has 126 valence electrons. The van der Waals surface area contributed by atoms with Crippen LogP contribution in [-0.4, -0.2) is 23.6 Å². The van der Waals surface area contributed by atoms with Crippen molar-refractivity contribution in [3.8, 4) is 5.75 Å². The van der Waals surface area contributed by atoms with Gasteiger partial charge in [0.1, 0.15) is 5.75 Å². The summed E-state index contributed by atoms with van der Waals surface area (Å²) in [6.07, 6.45) is 0. The van der Waals surface area contributed by atoms with Crippen LogP contribution in [0.4, 0.5) is 5.69 Å². The Morgan fingerprint density at radius 1 is 1.29 bits per heavy atom. The number of aromatic carboxylic acids is 1. The SMILES string of the molecule is Cc1cc(OCC(=O)Nc2cccc(C(=O)O)c2)c(Br)c(C)c1Cl. The molecule has 24 heavy (non-hydrogen) atoms. The molecule has 0 aliphatic carbocycles. The van der Waals surface area contributed by atoms with Crippen molar-refractivity contribution in [2.75, 3.05) is 11.9 Å². The van der Waals surface area contributed by atoms with Crippen molar-refractivity contribution in [3.05, 3.63) is 56.5 Å². The van der Waals surface area contributed by atoms with Gasteiger partial charge >= 0.3 is 5.97 Å². The fraction of sp³-hybridized carbons (Fsp3) is 0.176. The number of ether oxygens (including phenoxy) is 1. The lowest BCUT2D eigenvalue weighted by Crippen LogP contribution is -2.20. The van der Waals surface area contributed by atoms with E-state index in [1.165, 1.54) is 12.1 Å². The minimum absolute atomic E-state index is 0.0976. The van der Waals surface area contributed by atoms with Crippen LogP contribution in [0.2, 0.25) is 5.02 Å². The van der Waals surface area contributed by atoms with E-state index in [0.29, 0.717) is 20.9 Å². The molecule has 0 atom stereocenters. The molecule has 0 fully saturated rings. The topological polar surface area (TPSA) is 75.6 Å². The Kier molecular flexibility index (Phi) is 5.85. The van der Waals surface area contributed by atoms with Crippen molar-refractivity contribution in [1.82, 2.24) is 0 Å². The van der Waals surface area contributed by atoms with Crippen LogP contribution in [-0.2, 0) is 4.79 Å². The normalized spacial score (nSPS) is 10.3. The number of rotatable bonds is 5. The maximum Gasteiger partial charge on any atom is 0.335 e. The number of nitrogens with one attached hydrogen (secondary N) is 1. The molecule has 0 aromatic heterocycles. The summed E-state index contributed by atoms with van der Waals surface area (Å²) < 4.78 is 6.22. The molecule has 7 heteroatoms. The summed E-state index contributed by atoms with van der Waals surface area (Å²) in [5, 5.41) is 12.2. The molecule has 5 nitrogen and oxygen atoms in total. The Morgan fingerprint density at radius 2 is 2.00 bits per heavy atom. The number of carboxylic acids is 1. The maximum absolute atomic E-state index is 12.0. The molecule has 0 unspecified atom stereocenters. The lowest BCUT2D eigenvalue weighted by Gasteiger charge is -2.13. The van der Waals surface area contributed by atoms with Gasteiger partial charge in [0.15, 0.2) is 6.61 Å². The molecule has 2 N–H and O–H groups in total. The van der Waals surface area contributed by atoms with Gasteiger partial charge in [0.2, 0.25) is 0 Å². The van der Waals surface area contributed by atoms with Crippen LogP contribution in [0.15, 0.2) is 34.8 Å². The number of anilines is 1. The Balaban J connectivity index is 2.04. The van der Waals surface area contributed by atoms with E-state index >= 15 is 0 Å².